The number of rotatable bonds is 5. The van der Waals surface area contributed by atoms with Crippen molar-refractivity contribution in [2.45, 2.75) is 32.9 Å². The molecule has 0 heterocycles. The minimum atomic E-state index is -0.286. The molecule has 1 aromatic rings. The summed E-state index contributed by atoms with van der Waals surface area (Å²) in [5.74, 6) is 0.777. The normalized spacial score (nSPS) is 11.0. The lowest BCUT2D eigenvalue weighted by molar-refractivity contribution is -0.124. The van der Waals surface area contributed by atoms with Crippen LogP contribution in [0.1, 0.15) is 26.3 Å². The van der Waals surface area contributed by atoms with Gasteiger partial charge in [0.2, 0.25) is 0 Å². The van der Waals surface area contributed by atoms with E-state index in [-0.39, 0.29) is 24.7 Å². The Morgan fingerprint density at radius 2 is 2.00 bits per heavy atom. The number of aliphatic hydroxyl groups excluding tert-OH is 1. The summed E-state index contributed by atoms with van der Waals surface area (Å²) in [6.45, 7) is 5.57. The average molecular weight is 267 g/mol. The van der Waals surface area contributed by atoms with Gasteiger partial charge in [-0.2, -0.15) is 0 Å². The Labute approximate surface area is 113 Å². The Morgan fingerprint density at radius 1 is 1.32 bits per heavy atom. The first kappa shape index (κ1) is 15.3. The zero-order valence-electron chi connectivity index (χ0n) is 11.8. The van der Waals surface area contributed by atoms with Gasteiger partial charge in [-0.05, 0) is 38.5 Å². The second kappa shape index (κ2) is 6.43. The van der Waals surface area contributed by atoms with Gasteiger partial charge in [-0.1, -0.05) is 6.07 Å². The molecule has 106 valence electrons. The predicted molar refractivity (Wildman–Crippen MR) is 72.3 cm³/mol. The molecule has 5 heteroatoms. The highest BCUT2D eigenvalue weighted by Gasteiger charge is 2.15. The van der Waals surface area contributed by atoms with Crippen LogP contribution in [0.2, 0.25) is 0 Å². The minimum Gasteiger partial charge on any atom is -0.493 e. The fourth-order valence-corrected chi connectivity index (χ4v) is 1.53. The van der Waals surface area contributed by atoms with Crippen LogP contribution in [0.3, 0.4) is 0 Å². The first-order valence-corrected chi connectivity index (χ1v) is 6.07. The number of methoxy groups -OCH3 is 1. The Morgan fingerprint density at radius 3 is 2.53 bits per heavy atom. The van der Waals surface area contributed by atoms with Crippen LogP contribution in [-0.2, 0) is 11.4 Å². The van der Waals surface area contributed by atoms with E-state index in [0.29, 0.717) is 11.5 Å². The van der Waals surface area contributed by atoms with Crippen molar-refractivity contribution in [2.24, 2.45) is 0 Å². The van der Waals surface area contributed by atoms with Crippen molar-refractivity contribution in [1.29, 1.82) is 0 Å². The monoisotopic (exact) mass is 267 g/mol. The number of aliphatic hydroxyl groups is 1. The fraction of sp³-hybridized carbons (Fsp3) is 0.500. The quantitative estimate of drug-likeness (QED) is 0.848. The lowest BCUT2D eigenvalue weighted by atomic mass is 10.1. The molecule has 0 aliphatic carbocycles. The van der Waals surface area contributed by atoms with Crippen LogP contribution in [-0.4, -0.2) is 30.3 Å². The van der Waals surface area contributed by atoms with E-state index in [4.69, 9.17) is 14.6 Å². The molecule has 1 aromatic carbocycles. The molecular weight excluding hydrogens is 246 g/mol. The summed E-state index contributed by atoms with van der Waals surface area (Å²) >= 11 is 0. The summed E-state index contributed by atoms with van der Waals surface area (Å²) in [5.41, 5.74) is 0.439. The Balaban J connectivity index is 2.65. The van der Waals surface area contributed by atoms with Crippen molar-refractivity contribution >= 4 is 5.91 Å². The van der Waals surface area contributed by atoms with E-state index in [9.17, 15) is 4.79 Å². The van der Waals surface area contributed by atoms with Gasteiger partial charge < -0.3 is 19.9 Å². The SMILES string of the molecule is COc1cc(CO)ccc1OCC(=O)NC(C)(C)C. The number of hydrogen-bond acceptors (Lipinski definition) is 4. The zero-order valence-corrected chi connectivity index (χ0v) is 11.8. The van der Waals surface area contributed by atoms with Crippen molar-refractivity contribution < 1.29 is 19.4 Å². The standard InChI is InChI=1S/C14H21NO4/c1-14(2,3)15-13(17)9-19-11-6-5-10(8-16)7-12(11)18-4/h5-7,16H,8-9H2,1-4H3,(H,15,17). The topological polar surface area (TPSA) is 67.8 Å². The van der Waals surface area contributed by atoms with Crippen LogP contribution in [0.25, 0.3) is 0 Å². The van der Waals surface area contributed by atoms with Crippen LogP contribution in [0, 0.1) is 0 Å². The molecule has 0 saturated heterocycles. The van der Waals surface area contributed by atoms with Crippen molar-refractivity contribution in [3.8, 4) is 11.5 Å². The molecule has 0 atom stereocenters. The Kier molecular flexibility index (Phi) is 5.18. The van der Waals surface area contributed by atoms with Crippen molar-refractivity contribution in [3.05, 3.63) is 23.8 Å². The third-order valence-electron chi connectivity index (χ3n) is 2.28. The highest BCUT2D eigenvalue weighted by molar-refractivity contribution is 5.78. The first-order chi connectivity index (χ1) is 8.85. The van der Waals surface area contributed by atoms with Gasteiger partial charge in [0.1, 0.15) is 0 Å². The van der Waals surface area contributed by atoms with Gasteiger partial charge in [0.15, 0.2) is 18.1 Å². The molecular formula is C14H21NO4. The van der Waals surface area contributed by atoms with Crippen molar-refractivity contribution in [2.75, 3.05) is 13.7 Å². The maximum absolute atomic E-state index is 11.6. The van der Waals surface area contributed by atoms with Gasteiger partial charge in [0, 0.05) is 5.54 Å². The minimum absolute atomic E-state index is 0.0683. The number of benzene rings is 1. The number of hydrogen-bond donors (Lipinski definition) is 2. The second-order valence-corrected chi connectivity index (χ2v) is 5.23. The molecule has 1 amide bonds. The predicted octanol–water partition coefficient (Wildman–Crippen LogP) is 1.48. The molecule has 2 N–H and O–H groups in total. The zero-order chi connectivity index (χ0) is 14.5. The highest BCUT2D eigenvalue weighted by atomic mass is 16.5. The Bertz CT molecular complexity index is 438. The van der Waals surface area contributed by atoms with E-state index in [1.807, 2.05) is 20.8 Å². The molecule has 0 aromatic heterocycles. The van der Waals surface area contributed by atoms with Gasteiger partial charge in [-0.15, -0.1) is 0 Å². The molecule has 0 fully saturated rings. The van der Waals surface area contributed by atoms with Gasteiger partial charge in [0.05, 0.1) is 13.7 Å². The number of ether oxygens (including phenoxy) is 2. The largest absolute Gasteiger partial charge is 0.493 e. The molecule has 19 heavy (non-hydrogen) atoms. The molecule has 0 aliphatic heterocycles. The van der Waals surface area contributed by atoms with E-state index < -0.39 is 0 Å². The van der Waals surface area contributed by atoms with Crippen molar-refractivity contribution in [1.82, 2.24) is 5.32 Å². The van der Waals surface area contributed by atoms with Crippen LogP contribution >= 0.6 is 0 Å². The van der Waals surface area contributed by atoms with Gasteiger partial charge >= 0.3 is 0 Å². The summed E-state index contributed by atoms with van der Waals surface area (Å²) in [6, 6.07) is 5.07. The number of carbonyl (C=O) groups is 1. The highest BCUT2D eigenvalue weighted by Crippen LogP contribution is 2.27. The van der Waals surface area contributed by atoms with Gasteiger partial charge in [0.25, 0.3) is 5.91 Å². The smallest absolute Gasteiger partial charge is 0.258 e. The third kappa shape index (κ3) is 5.18. The van der Waals surface area contributed by atoms with Crippen LogP contribution in [0.5, 0.6) is 11.5 Å². The van der Waals surface area contributed by atoms with Gasteiger partial charge in [-0.3, -0.25) is 4.79 Å². The average Bonchev–Trinajstić information content (AvgIpc) is 2.34. The van der Waals surface area contributed by atoms with Crippen LogP contribution in [0.4, 0.5) is 0 Å². The summed E-state index contributed by atoms with van der Waals surface area (Å²) in [4.78, 5) is 11.6. The van der Waals surface area contributed by atoms with Crippen LogP contribution in [0.15, 0.2) is 18.2 Å². The molecule has 0 bridgehead atoms. The lowest BCUT2D eigenvalue weighted by Gasteiger charge is -2.20. The van der Waals surface area contributed by atoms with E-state index in [1.165, 1.54) is 7.11 Å². The molecule has 0 spiro atoms. The molecule has 1 rings (SSSR count). The molecule has 0 saturated carbocycles. The number of amides is 1. The second-order valence-electron chi connectivity index (χ2n) is 5.23. The summed E-state index contributed by atoms with van der Waals surface area (Å²) in [6.07, 6.45) is 0. The summed E-state index contributed by atoms with van der Waals surface area (Å²) in [5, 5.41) is 11.8. The van der Waals surface area contributed by atoms with Gasteiger partial charge in [-0.25, -0.2) is 0 Å². The molecule has 0 aliphatic rings. The van der Waals surface area contributed by atoms with E-state index in [1.54, 1.807) is 18.2 Å². The fourth-order valence-electron chi connectivity index (χ4n) is 1.53. The first-order valence-electron chi connectivity index (χ1n) is 6.07. The number of nitrogens with one attached hydrogen (secondary N) is 1. The molecule has 0 unspecified atom stereocenters. The van der Waals surface area contributed by atoms with Crippen molar-refractivity contribution in [3.63, 3.8) is 0 Å². The van der Waals surface area contributed by atoms with E-state index >= 15 is 0 Å². The summed E-state index contributed by atoms with van der Waals surface area (Å²) in [7, 11) is 1.51. The number of carbonyl (C=O) groups excluding carboxylic acids is 1. The Hall–Kier alpha value is -1.75. The third-order valence-corrected chi connectivity index (χ3v) is 2.28. The van der Waals surface area contributed by atoms with E-state index in [2.05, 4.69) is 5.32 Å². The molecule has 5 nitrogen and oxygen atoms in total. The maximum Gasteiger partial charge on any atom is 0.258 e. The van der Waals surface area contributed by atoms with E-state index in [0.717, 1.165) is 5.56 Å². The lowest BCUT2D eigenvalue weighted by Crippen LogP contribution is -2.43. The summed E-state index contributed by atoms with van der Waals surface area (Å²) < 4.78 is 10.6. The molecule has 0 radical (unpaired) electrons. The van der Waals surface area contributed by atoms with Crippen LogP contribution < -0.4 is 14.8 Å². The maximum atomic E-state index is 11.6.